The Balaban J connectivity index is 1.59. The van der Waals surface area contributed by atoms with Crippen LogP contribution in [0, 0.1) is 0 Å². The molecule has 158 valence electrons. The number of allylic oxidation sites excluding steroid dienone is 1. The summed E-state index contributed by atoms with van der Waals surface area (Å²) in [5.74, 6) is 0.613. The van der Waals surface area contributed by atoms with E-state index in [1.54, 1.807) is 12.4 Å². The van der Waals surface area contributed by atoms with Crippen LogP contribution in [0.5, 0.6) is 0 Å². The number of amides is 1. The topological polar surface area (TPSA) is 71.8 Å². The monoisotopic (exact) mass is 441 g/mol. The number of anilines is 2. The van der Waals surface area contributed by atoms with Gasteiger partial charge in [-0.05, 0) is 42.8 Å². The minimum Gasteiger partial charge on any atom is -0.344 e. The number of rotatable bonds is 4. The lowest BCUT2D eigenvalue weighted by molar-refractivity contribution is -0.113. The summed E-state index contributed by atoms with van der Waals surface area (Å²) < 4.78 is 1.84. The van der Waals surface area contributed by atoms with Crippen molar-refractivity contribution in [3.05, 3.63) is 107 Å². The number of nitrogens with one attached hydrogen (secondary N) is 2. The molecule has 1 aliphatic heterocycles. The van der Waals surface area contributed by atoms with Crippen molar-refractivity contribution in [1.29, 1.82) is 0 Å². The molecular weight excluding hydrogens is 422 g/mol. The molecule has 1 aliphatic rings. The molecule has 0 fully saturated rings. The van der Waals surface area contributed by atoms with E-state index >= 15 is 0 Å². The van der Waals surface area contributed by atoms with E-state index < -0.39 is 6.04 Å². The van der Waals surface area contributed by atoms with Crippen molar-refractivity contribution in [2.45, 2.75) is 13.0 Å². The first-order chi connectivity index (χ1) is 15.6. The Kier molecular flexibility index (Phi) is 5.21. The summed E-state index contributed by atoms with van der Waals surface area (Å²) in [4.78, 5) is 17.7. The Bertz CT molecular complexity index is 1300. The van der Waals surface area contributed by atoms with Crippen LogP contribution < -0.4 is 10.6 Å². The standard InChI is InChI=1S/C25H20ClN5O/c1-16-23(25(32)29-20-7-3-2-4-8-20)24(18-6-5-13-27-15-18)31-22(28-16)14-21(30-31)17-9-11-19(26)12-10-17/h2-15,24,28H,1H3,(H,29,32)/t24-/m1/s1. The van der Waals surface area contributed by atoms with Crippen LogP contribution in [0.1, 0.15) is 18.5 Å². The first-order valence-corrected chi connectivity index (χ1v) is 10.6. The zero-order chi connectivity index (χ0) is 22.1. The molecule has 0 aliphatic carbocycles. The van der Waals surface area contributed by atoms with Crippen molar-refractivity contribution in [2.24, 2.45) is 0 Å². The molecule has 0 saturated heterocycles. The highest BCUT2D eigenvalue weighted by molar-refractivity contribution is 6.30. The third-order valence-electron chi connectivity index (χ3n) is 5.39. The molecule has 7 heteroatoms. The molecule has 1 atom stereocenters. The molecule has 32 heavy (non-hydrogen) atoms. The van der Waals surface area contributed by atoms with Gasteiger partial charge in [0.15, 0.2) is 0 Å². The predicted octanol–water partition coefficient (Wildman–Crippen LogP) is 5.53. The van der Waals surface area contributed by atoms with E-state index in [2.05, 4.69) is 15.6 Å². The lowest BCUT2D eigenvalue weighted by Gasteiger charge is -2.29. The number of aromatic nitrogens is 3. The molecule has 2 N–H and O–H groups in total. The number of benzene rings is 2. The Morgan fingerprint density at radius 3 is 2.56 bits per heavy atom. The van der Waals surface area contributed by atoms with Crippen LogP contribution in [0.2, 0.25) is 5.02 Å². The highest BCUT2D eigenvalue weighted by Crippen LogP contribution is 2.38. The maximum absolute atomic E-state index is 13.4. The summed E-state index contributed by atoms with van der Waals surface area (Å²) in [6.45, 7) is 1.90. The molecule has 2 aromatic heterocycles. The van der Waals surface area contributed by atoms with Gasteiger partial charge in [-0.2, -0.15) is 5.10 Å². The van der Waals surface area contributed by atoms with E-state index in [9.17, 15) is 4.79 Å². The molecule has 0 unspecified atom stereocenters. The molecule has 0 saturated carbocycles. The SMILES string of the molecule is CC1=C(C(=O)Nc2ccccc2)[C@@H](c2cccnc2)n2nc(-c3ccc(Cl)cc3)cc2N1. The van der Waals surface area contributed by atoms with Gasteiger partial charge in [-0.25, -0.2) is 4.68 Å². The number of halogens is 1. The molecule has 5 rings (SSSR count). The van der Waals surface area contributed by atoms with Crippen LogP contribution in [-0.2, 0) is 4.79 Å². The predicted molar refractivity (Wildman–Crippen MR) is 126 cm³/mol. The lowest BCUT2D eigenvalue weighted by atomic mass is 9.96. The maximum Gasteiger partial charge on any atom is 0.255 e. The van der Waals surface area contributed by atoms with Gasteiger partial charge in [0.1, 0.15) is 11.9 Å². The van der Waals surface area contributed by atoms with Crippen molar-refractivity contribution in [3.63, 3.8) is 0 Å². The first-order valence-electron chi connectivity index (χ1n) is 10.2. The Morgan fingerprint density at radius 1 is 1.06 bits per heavy atom. The Hall–Kier alpha value is -3.90. The van der Waals surface area contributed by atoms with E-state index in [0.717, 1.165) is 34.0 Å². The second-order valence-electron chi connectivity index (χ2n) is 7.54. The van der Waals surface area contributed by atoms with Crippen molar-refractivity contribution in [1.82, 2.24) is 14.8 Å². The number of carbonyl (C=O) groups excluding carboxylic acids is 1. The van der Waals surface area contributed by atoms with Crippen molar-refractivity contribution < 1.29 is 4.79 Å². The fourth-order valence-electron chi connectivity index (χ4n) is 3.89. The van der Waals surface area contributed by atoms with Gasteiger partial charge < -0.3 is 10.6 Å². The summed E-state index contributed by atoms with van der Waals surface area (Å²) in [6, 6.07) is 22.3. The highest BCUT2D eigenvalue weighted by atomic mass is 35.5. The van der Waals surface area contributed by atoms with Crippen molar-refractivity contribution >= 4 is 29.0 Å². The number of carbonyl (C=O) groups is 1. The molecule has 0 radical (unpaired) electrons. The molecule has 4 aromatic rings. The van der Waals surface area contributed by atoms with Crippen LogP contribution in [0.25, 0.3) is 11.3 Å². The molecule has 0 spiro atoms. The summed E-state index contributed by atoms with van der Waals surface area (Å²) >= 11 is 6.05. The van der Waals surface area contributed by atoms with Gasteiger partial charge in [0.05, 0.1) is 11.3 Å². The summed E-state index contributed by atoms with van der Waals surface area (Å²) in [6.07, 6.45) is 3.49. The third-order valence-corrected chi connectivity index (χ3v) is 5.64. The van der Waals surface area contributed by atoms with E-state index in [1.807, 2.05) is 84.4 Å². The number of para-hydroxylation sites is 1. The number of hydrogen-bond donors (Lipinski definition) is 2. The van der Waals surface area contributed by atoms with Gasteiger partial charge in [-0.3, -0.25) is 9.78 Å². The molecule has 2 aromatic carbocycles. The van der Waals surface area contributed by atoms with Gasteiger partial charge in [-0.1, -0.05) is 48.0 Å². The molecule has 0 bridgehead atoms. The van der Waals surface area contributed by atoms with Crippen LogP contribution in [0.15, 0.2) is 96.5 Å². The minimum absolute atomic E-state index is 0.191. The zero-order valence-corrected chi connectivity index (χ0v) is 18.0. The van der Waals surface area contributed by atoms with Crippen LogP contribution in [0.4, 0.5) is 11.5 Å². The van der Waals surface area contributed by atoms with E-state index in [1.165, 1.54) is 0 Å². The first kappa shape index (κ1) is 20.0. The van der Waals surface area contributed by atoms with Gasteiger partial charge in [0, 0.05) is 40.4 Å². The smallest absolute Gasteiger partial charge is 0.255 e. The van der Waals surface area contributed by atoms with Crippen molar-refractivity contribution in [2.75, 3.05) is 10.6 Å². The molecular formula is C25H20ClN5O. The number of pyridine rings is 1. The van der Waals surface area contributed by atoms with E-state index in [4.69, 9.17) is 16.7 Å². The Labute approximate surface area is 190 Å². The summed E-state index contributed by atoms with van der Waals surface area (Å²) in [5.41, 5.74) is 4.68. The van der Waals surface area contributed by atoms with E-state index in [0.29, 0.717) is 10.6 Å². The minimum atomic E-state index is -0.426. The third kappa shape index (κ3) is 3.76. The van der Waals surface area contributed by atoms with E-state index in [-0.39, 0.29) is 5.91 Å². The fourth-order valence-corrected chi connectivity index (χ4v) is 4.02. The molecule has 1 amide bonds. The Morgan fingerprint density at radius 2 is 1.84 bits per heavy atom. The lowest BCUT2D eigenvalue weighted by Crippen LogP contribution is -2.31. The summed E-state index contributed by atoms with van der Waals surface area (Å²) in [7, 11) is 0. The zero-order valence-electron chi connectivity index (χ0n) is 17.3. The number of hydrogen-bond acceptors (Lipinski definition) is 4. The second-order valence-corrected chi connectivity index (χ2v) is 7.98. The second kappa shape index (κ2) is 8.32. The normalized spacial score (nSPS) is 15.1. The van der Waals surface area contributed by atoms with Crippen LogP contribution >= 0.6 is 11.6 Å². The molecule has 6 nitrogen and oxygen atoms in total. The number of fused-ring (bicyclic) bond motifs is 1. The van der Waals surface area contributed by atoms with Gasteiger partial charge in [0.2, 0.25) is 0 Å². The van der Waals surface area contributed by atoms with Gasteiger partial charge in [-0.15, -0.1) is 0 Å². The largest absolute Gasteiger partial charge is 0.344 e. The van der Waals surface area contributed by atoms with Crippen LogP contribution in [-0.4, -0.2) is 20.7 Å². The van der Waals surface area contributed by atoms with Gasteiger partial charge >= 0.3 is 0 Å². The molecule has 3 heterocycles. The maximum atomic E-state index is 13.4. The number of nitrogens with zero attached hydrogens (tertiary/aromatic N) is 3. The average Bonchev–Trinajstić information content (AvgIpc) is 3.23. The van der Waals surface area contributed by atoms with Gasteiger partial charge in [0.25, 0.3) is 5.91 Å². The quantitative estimate of drug-likeness (QED) is 0.437. The van der Waals surface area contributed by atoms with Crippen LogP contribution in [0.3, 0.4) is 0 Å². The average molecular weight is 442 g/mol. The van der Waals surface area contributed by atoms with Crippen molar-refractivity contribution in [3.8, 4) is 11.3 Å². The summed E-state index contributed by atoms with van der Waals surface area (Å²) in [5, 5.41) is 11.9. The fraction of sp³-hybridized carbons (Fsp3) is 0.0800. The highest BCUT2D eigenvalue weighted by Gasteiger charge is 2.33.